The van der Waals surface area contributed by atoms with Crippen LogP contribution < -0.4 is 10.6 Å². The van der Waals surface area contributed by atoms with E-state index in [-0.39, 0.29) is 0 Å². The normalized spacial score (nSPS) is 12.8. The van der Waals surface area contributed by atoms with Crippen LogP contribution in [-0.2, 0) is 11.8 Å². The zero-order valence-electron chi connectivity index (χ0n) is 11.5. The fourth-order valence-electron chi connectivity index (χ4n) is 1.95. The van der Waals surface area contributed by atoms with Gasteiger partial charge >= 0.3 is 0 Å². The lowest BCUT2D eigenvalue weighted by Crippen LogP contribution is -2.37. The lowest BCUT2D eigenvalue weighted by Gasteiger charge is -2.30. The van der Waals surface area contributed by atoms with Crippen molar-refractivity contribution in [1.29, 1.82) is 0 Å². The molecule has 1 heterocycles. The molecule has 98 valence electrons. The zero-order valence-corrected chi connectivity index (χ0v) is 11.5. The molecule has 0 aliphatic carbocycles. The topological polar surface area (TPSA) is 56.3 Å². The van der Waals surface area contributed by atoms with Crippen molar-refractivity contribution in [2.75, 3.05) is 30.9 Å². The SMILES string of the molecule is CCC(C)N(CCOC)c1c(N)c(C)nn1C. The van der Waals surface area contributed by atoms with Crippen LogP contribution in [0.25, 0.3) is 0 Å². The van der Waals surface area contributed by atoms with Gasteiger partial charge in [-0.15, -0.1) is 0 Å². The number of aryl methyl sites for hydroxylation is 2. The number of methoxy groups -OCH3 is 1. The van der Waals surface area contributed by atoms with Crippen molar-refractivity contribution in [2.45, 2.75) is 33.2 Å². The Balaban J connectivity index is 3.03. The molecular formula is C12H24N4O. The number of nitrogens with zero attached hydrogens (tertiary/aromatic N) is 3. The maximum Gasteiger partial charge on any atom is 0.150 e. The minimum absolute atomic E-state index is 0.419. The average Bonchev–Trinajstić information content (AvgIpc) is 2.55. The number of nitrogen functional groups attached to an aromatic ring is 1. The molecule has 1 rings (SSSR count). The monoisotopic (exact) mass is 240 g/mol. The first-order chi connectivity index (χ1) is 8.02. The highest BCUT2D eigenvalue weighted by atomic mass is 16.5. The fourth-order valence-corrected chi connectivity index (χ4v) is 1.95. The van der Waals surface area contributed by atoms with Crippen LogP contribution >= 0.6 is 0 Å². The van der Waals surface area contributed by atoms with Crippen molar-refractivity contribution in [1.82, 2.24) is 9.78 Å². The summed E-state index contributed by atoms with van der Waals surface area (Å²) < 4.78 is 7.02. The number of aromatic nitrogens is 2. The Bertz CT molecular complexity index is 362. The van der Waals surface area contributed by atoms with Crippen LogP contribution in [0, 0.1) is 6.92 Å². The summed E-state index contributed by atoms with van der Waals surface area (Å²) in [5.74, 6) is 0.994. The second-order valence-electron chi connectivity index (χ2n) is 4.39. The van der Waals surface area contributed by atoms with E-state index < -0.39 is 0 Å². The van der Waals surface area contributed by atoms with Crippen LogP contribution in [0.2, 0.25) is 0 Å². The van der Waals surface area contributed by atoms with Gasteiger partial charge in [-0.25, -0.2) is 0 Å². The molecule has 0 aliphatic heterocycles. The van der Waals surface area contributed by atoms with Crippen LogP contribution in [0.15, 0.2) is 0 Å². The molecular weight excluding hydrogens is 216 g/mol. The molecule has 0 fully saturated rings. The molecule has 1 aromatic rings. The third kappa shape index (κ3) is 2.91. The zero-order chi connectivity index (χ0) is 13.0. The Morgan fingerprint density at radius 1 is 1.53 bits per heavy atom. The van der Waals surface area contributed by atoms with Crippen molar-refractivity contribution in [3.8, 4) is 0 Å². The van der Waals surface area contributed by atoms with Gasteiger partial charge < -0.3 is 15.4 Å². The number of hydrogen-bond acceptors (Lipinski definition) is 4. The van der Waals surface area contributed by atoms with E-state index in [1.54, 1.807) is 7.11 Å². The molecule has 1 unspecified atom stereocenters. The number of anilines is 2. The molecule has 0 aliphatic rings. The van der Waals surface area contributed by atoms with E-state index in [4.69, 9.17) is 10.5 Å². The van der Waals surface area contributed by atoms with Gasteiger partial charge in [-0.1, -0.05) is 6.92 Å². The van der Waals surface area contributed by atoms with Gasteiger partial charge in [-0.3, -0.25) is 4.68 Å². The first-order valence-electron chi connectivity index (χ1n) is 6.07. The molecule has 0 bridgehead atoms. The van der Waals surface area contributed by atoms with E-state index in [0.29, 0.717) is 12.6 Å². The van der Waals surface area contributed by atoms with E-state index in [0.717, 1.165) is 30.2 Å². The van der Waals surface area contributed by atoms with E-state index in [1.807, 2.05) is 18.7 Å². The molecule has 0 amide bonds. The maximum absolute atomic E-state index is 6.10. The fraction of sp³-hybridized carbons (Fsp3) is 0.750. The summed E-state index contributed by atoms with van der Waals surface area (Å²) >= 11 is 0. The Morgan fingerprint density at radius 2 is 2.18 bits per heavy atom. The molecule has 2 N–H and O–H groups in total. The summed E-state index contributed by atoms with van der Waals surface area (Å²) in [6, 6.07) is 0.419. The summed E-state index contributed by atoms with van der Waals surface area (Å²) in [6.07, 6.45) is 1.06. The Labute approximate surface area is 104 Å². The number of rotatable bonds is 6. The number of ether oxygens (including phenoxy) is 1. The Morgan fingerprint density at radius 3 is 2.59 bits per heavy atom. The summed E-state index contributed by atoms with van der Waals surface area (Å²) in [6.45, 7) is 7.81. The Hall–Kier alpha value is -1.23. The number of nitrogens with two attached hydrogens (primary N) is 1. The van der Waals surface area contributed by atoms with E-state index >= 15 is 0 Å². The first kappa shape index (κ1) is 13.8. The lowest BCUT2D eigenvalue weighted by atomic mass is 10.2. The third-order valence-electron chi connectivity index (χ3n) is 3.17. The average molecular weight is 240 g/mol. The first-order valence-corrected chi connectivity index (χ1v) is 6.07. The van der Waals surface area contributed by atoms with Crippen molar-refractivity contribution in [3.05, 3.63) is 5.69 Å². The highest BCUT2D eigenvalue weighted by Gasteiger charge is 2.20. The summed E-state index contributed by atoms with van der Waals surface area (Å²) in [5, 5.41) is 4.37. The molecule has 0 radical (unpaired) electrons. The van der Waals surface area contributed by atoms with Gasteiger partial charge in [0.1, 0.15) is 0 Å². The van der Waals surface area contributed by atoms with Crippen LogP contribution in [0.5, 0.6) is 0 Å². The van der Waals surface area contributed by atoms with Gasteiger partial charge in [0.2, 0.25) is 0 Å². The molecule has 0 aromatic carbocycles. The van der Waals surface area contributed by atoms with Crippen LogP contribution in [0.3, 0.4) is 0 Å². The summed E-state index contributed by atoms with van der Waals surface area (Å²) in [7, 11) is 3.65. The van der Waals surface area contributed by atoms with Crippen molar-refractivity contribution in [3.63, 3.8) is 0 Å². The maximum atomic E-state index is 6.10. The van der Waals surface area contributed by atoms with E-state index in [9.17, 15) is 0 Å². The van der Waals surface area contributed by atoms with Crippen molar-refractivity contribution < 1.29 is 4.74 Å². The van der Waals surface area contributed by atoms with Gasteiger partial charge in [-0.05, 0) is 20.3 Å². The molecule has 5 heteroatoms. The van der Waals surface area contributed by atoms with E-state index in [1.165, 1.54) is 0 Å². The predicted molar refractivity (Wildman–Crippen MR) is 71.3 cm³/mol. The number of hydrogen-bond donors (Lipinski definition) is 1. The quantitative estimate of drug-likeness (QED) is 0.820. The smallest absolute Gasteiger partial charge is 0.150 e. The van der Waals surface area contributed by atoms with Crippen LogP contribution in [0.4, 0.5) is 11.5 Å². The van der Waals surface area contributed by atoms with Gasteiger partial charge in [0.05, 0.1) is 18.0 Å². The molecule has 0 saturated heterocycles. The molecule has 5 nitrogen and oxygen atoms in total. The minimum Gasteiger partial charge on any atom is -0.394 e. The van der Waals surface area contributed by atoms with Gasteiger partial charge in [0.25, 0.3) is 0 Å². The van der Waals surface area contributed by atoms with Gasteiger partial charge in [0, 0.05) is 26.7 Å². The molecule has 0 saturated carbocycles. The molecule has 1 atom stereocenters. The molecule has 0 spiro atoms. The van der Waals surface area contributed by atoms with Gasteiger partial charge in [-0.2, -0.15) is 5.10 Å². The molecule has 17 heavy (non-hydrogen) atoms. The summed E-state index contributed by atoms with van der Waals surface area (Å²) in [5.41, 5.74) is 7.75. The second-order valence-corrected chi connectivity index (χ2v) is 4.39. The standard InChI is InChI=1S/C12H24N4O/c1-6-9(2)16(7-8-17-5)12-11(13)10(3)14-15(12)4/h9H,6-8,13H2,1-5H3. The van der Waals surface area contributed by atoms with Gasteiger partial charge in [0.15, 0.2) is 5.82 Å². The lowest BCUT2D eigenvalue weighted by molar-refractivity contribution is 0.203. The highest BCUT2D eigenvalue weighted by molar-refractivity contribution is 5.66. The van der Waals surface area contributed by atoms with Crippen molar-refractivity contribution in [2.24, 2.45) is 7.05 Å². The van der Waals surface area contributed by atoms with Crippen LogP contribution in [-0.4, -0.2) is 36.1 Å². The predicted octanol–water partition coefficient (Wildman–Crippen LogP) is 1.56. The van der Waals surface area contributed by atoms with E-state index in [2.05, 4.69) is 23.8 Å². The van der Waals surface area contributed by atoms with Crippen LogP contribution in [0.1, 0.15) is 26.0 Å². The Kier molecular flexibility index (Phi) is 4.81. The largest absolute Gasteiger partial charge is 0.394 e. The second kappa shape index (κ2) is 5.91. The highest BCUT2D eigenvalue weighted by Crippen LogP contribution is 2.27. The summed E-state index contributed by atoms with van der Waals surface area (Å²) in [4.78, 5) is 2.26. The minimum atomic E-state index is 0.419. The molecule has 1 aromatic heterocycles. The third-order valence-corrected chi connectivity index (χ3v) is 3.17. The van der Waals surface area contributed by atoms with Crippen molar-refractivity contribution >= 4 is 11.5 Å².